The molecule has 4 heteroatoms. The van der Waals surface area contributed by atoms with E-state index in [0.29, 0.717) is 17.5 Å². The molecule has 0 radical (unpaired) electrons. The van der Waals surface area contributed by atoms with Crippen molar-refractivity contribution in [3.05, 3.63) is 188 Å². The molecule has 0 aliphatic carbocycles. The minimum atomic E-state index is 0.617. The highest BCUT2D eigenvalue weighted by Crippen LogP contribution is 2.41. The zero-order valence-electron chi connectivity index (χ0n) is 29.6. The summed E-state index contributed by atoms with van der Waals surface area (Å²) in [5.74, 6) is 1.87. The molecule has 0 aliphatic heterocycles. The van der Waals surface area contributed by atoms with E-state index in [9.17, 15) is 0 Å². The normalized spacial score (nSPS) is 11.6. The van der Waals surface area contributed by atoms with Crippen LogP contribution >= 0.6 is 0 Å². The average Bonchev–Trinajstić information content (AvgIpc) is 3.65. The van der Waals surface area contributed by atoms with Crippen molar-refractivity contribution in [2.75, 3.05) is 0 Å². The predicted molar refractivity (Wildman–Crippen MR) is 227 cm³/mol. The monoisotopic (exact) mass is 701 g/mol. The second-order valence-electron chi connectivity index (χ2n) is 14.0. The Kier molecular flexibility index (Phi) is 7.14. The Bertz CT molecular complexity index is 3260. The van der Waals surface area contributed by atoms with Gasteiger partial charge in [0, 0.05) is 27.5 Å². The molecule has 11 aromatic rings. The van der Waals surface area contributed by atoms with Crippen molar-refractivity contribution in [2.24, 2.45) is 0 Å². The van der Waals surface area contributed by atoms with Gasteiger partial charge in [0.05, 0.1) is 0 Å². The Labute approximate surface area is 317 Å². The number of nitrogens with zero attached hydrogens (tertiary/aromatic N) is 3. The standard InChI is InChI=1S/C51H31N3O/c1-2-13-34(14-3-1)49-52-50(54-51(53-49)38-17-10-16-36(30-38)41-21-11-23-46-48(41)43-20-8-9-22-45(43)55-46)35-26-24-33(25-27-35)47-40-19-7-5-15-37(40)31-44-39-18-6-4-12-32(39)28-29-42(44)47/h1-31H. The van der Waals surface area contributed by atoms with Crippen LogP contribution in [0.4, 0.5) is 0 Å². The van der Waals surface area contributed by atoms with Crippen molar-refractivity contribution in [3.8, 4) is 56.4 Å². The maximum atomic E-state index is 6.22. The highest BCUT2D eigenvalue weighted by Gasteiger charge is 2.17. The number of para-hydroxylation sites is 1. The number of fused-ring (bicyclic) bond motifs is 7. The van der Waals surface area contributed by atoms with Crippen LogP contribution in [0.5, 0.6) is 0 Å². The van der Waals surface area contributed by atoms with E-state index in [0.717, 1.165) is 55.3 Å². The third kappa shape index (κ3) is 5.26. The molecule has 0 bridgehead atoms. The lowest BCUT2D eigenvalue weighted by atomic mass is 9.89. The molecule has 0 saturated carbocycles. The Morgan fingerprint density at radius 1 is 0.309 bits per heavy atom. The third-order valence-corrected chi connectivity index (χ3v) is 10.7. The Morgan fingerprint density at radius 3 is 1.71 bits per heavy atom. The van der Waals surface area contributed by atoms with Crippen molar-refractivity contribution in [1.82, 2.24) is 15.0 Å². The van der Waals surface area contributed by atoms with Gasteiger partial charge in [-0.3, -0.25) is 0 Å². The lowest BCUT2D eigenvalue weighted by Gasteiger charge is -2.14. The summed E-state index contributed by atoms with van der Waals surface area (Å²) in [5.41, 5.74) is 9.05. The Morgan fingerprint density at radius 2 is 0.891 bits per heavy atom. The summed E-state index contributed by atoms with van der Waals surface area (Å²) in [6.07, 6.45) is 0. The van der Waals surface area contributed by atoms with Crippen LogP contribution in [-0.4, -0.2) is 15.0 Å². The fourth-order valence-corrected chi connectivity index (χ4v) is 8.11. The zero-order valence-corrected chi connectivity index (χ0v) is 29.6. The summed E-state index contributed by atoms with van der Waals surface area (Å²) >= 11 is 0. The van der Waals surface area contributed by atoms with Gasteiger partial charge >= 0.3 is 0 Å². The molecule has 55 heavy (non-hydrogen) atoms. The summed E-state index contributed by atoms with van der Waals surface area (Å²) in [6, 6.07) is 65.8. The molecule has 256 valence electrons. The van der Waals surface area contributed by atoms with Gasteiger partial charge in [0.1, 0.15) is 11.2 Å². The van der Waals surface area contributed by atoms with E-state index in [1.54, 1.807) is 0 Å². The summed E-state index contributed by atoms with van der Waals surface area (Å²) in [4.78, 5) is 15.2. The molecule has 0 fully saturated rings. The van der Waals surface area contributed by atoms with E-state index >= 15 is 0 Å². The average molecular weight is 702 g/mol. The number of furan rings is 1. The molecular formula is C51H31N3O. The number of hydrogen-bond donors (Lipinski definition) is 0. The smallest absolute Gasteiger partial charge is 0.164 e. The molecule has 9 aromatic carbocycles. The van der Waals surface area contributed by atoms with E-state index in [4.69, 9.17) is 19.4 Å². The van der Waals surface area contributed by atoms with Crippen molar-refractivity contribution in [3.63, 3.8) is 0 Å². The maximum absolute atomic E-state index is 6.22. The van der Waals surface area contributed by atoms with Crippen LogP contribution in [0.25, 0.3) is 111 Å². The summed E-state index contributed by atoms with van der Waals surface area (Å²) in [7, 11) is 0. The van der Waals surface area contributed by atoms with Gasteiger partial charge in [-0.05, 0) is 78.8 Å². The molecule has 11 rings (SSSR count). The summed E-state index contributed by atoms with van der Waals surface area (Å²) in [5, 5.41) is 9.63. The molecule has 0 spiro atoms. The fourth-order valence-electron chi connectivity index (χ4n) is 8.11. The minimum absolute atomic E-state index is 0.617. The predicted octanol–water partition coefficient (Wildman–Crippen LogP) is 13.6. The molecule has 0 atom stereocenters. The van der Waals surface area contributed by atoms with Crippen LogP contribution in [0.3, 0.4) is 0 Å². The van der Waals surface area contributed by atoms with Crippen LogP contribution in [0.15, 0.2) is 192 Å². The maximum Gasteiger partial charge on any atom is 0.164 e. The van der Waals surface area contributed by atoms with Crippen LogP contribution in [-0.2, 0) is 0 Å². The third-order valence-electron chi connectivity index (χ3n) is 10.7. The van der Waals surface area contributed by atoms with Crippen molar-refractivity contribution >= 4 is 54.3 Å². The molecule has 0 saturated heterocycles. The molecule has 0 aliphatic rings. The van der Waals surface area contributed by atoms with Crippen LogP contribution in [0.2, 0.25) is 0 Å². The zero-order chi connectivity index (χ0) is 36.3. The lowest BCUT2D eigenvalue weighted by Crippen LogP contribution is -2.00. The SMILES string of the molecule is c1ccc(-c2nc(-c3ccc(-c4c5ccccc5cc5c4ccc4ccccc45)cc3)nc(-c3cccc(-c4cccc5oc6ccccc6c45)c3)n2)cc1. The van der Waals surface area contributed by atoms with Crippen molar-refractivity contribution in [1.29, 1.82) is 0 Å². The van der Waals surface area contributed by atoms with E-state index in [-0.39, 0.29) is 0 Å². The Hall–Kier alpha value is -7.43. The van der Waals surface area contributed by atoms with Gasteiger partial charge in [0.15, 0.2) is 17.5 Å². The second-order valence-corrected chi connectivity index (χ2v) is 14.0. The minimum Gasteiger partial charge on any atom is -0.456 e. The van der Waals surface area contributed by atoms with Crippen LogP contribution in [0, 0.1) is 0 Å². The Balaban J connectivity index is 1.05. The molecular weight excluding hydrogens is 671 g/mol. The molecule has 2 aromatic heterocycles. The highest BCUT2D eigenvalue weighted by atomic mass is 16.3. The van der Waals surface area contributed by atoms with E-state index in [2.05, 4.69) is 133 Å². The van der Waals surface area contributed by atoms with Crippen LogP contribution < -0.4 is 0 Å². The first-order valence-corrected chi connectivity index (χ1v) is 18.5. The molecule has 4 nitrogen and oxygen atoms in total. The van der Waals surface area contributed by atoms with E-state index < -0.39 is 0 Å². The first-order chi connectivity index (χ1) is 27.2. The largest absolute Gasteiger partial charge is 0.456 e. The topological polar surface area (TPSA) is 51.8 Å². The molecule has 0 N–H and O–H groups in total. The number of rotatable bonds is 5. The highest BCUT2D eigenvalue weighted by molar-refractivity contribution is 6.20. The second kappa shape index (κ2) is 12.6. The van der Waals surface area contributed by atoms with Crippen LogP contribution in [0.1, 0.15) is 0 Å². The fraction of sp³-hybridized carbons (Fsp3) is 0. The number of aromatic nitrogens is 3. The van der Waals surface area contributed by atoms with Gasteiger partial charge in [-0.25, -0.2) is 15.0 Å². The van der Waals surface area contributed by atoms with Gasteiger partial charge in [0.25, 0.3) is 0 Å². The molecule has 0 amide bonds. The number of benzene rings is 9. The summed E-state index contributed by atoms with van der Waals surface area (Å²) in [6.45, 7) is 0. The van der Waals surface area contributed by atoms with Crippen molar-refractivity contribution in [2.45, 2.75) is 0 Å². The number of hydrogen-bond acceptors (Lipinski definition) is 4. The molecule has 2 heterocycles. The first-order valence-electron chi connectivity index (χ1n) is 18.5. The molecule has 0 unspecified atom stereocenters. The van der Waals surface area contributed by atoms with Crippen molar-refractivity contribution < 1.29 is 4.42 Å². The first kappa shape index (κ1) is 31.1. The van der Waals surface area contributed by atoms with Gasteiger partial charge in [0.2, 0.25) is 0 Å². The lowest BCUT2D eigenvalue weighted by molar-refractivity contribution is 0.669. The van der Waals surface area contributed by atoms with E-state index in [1.165, 1.54) is 37.9 Å². The van der Waals surface area contributed by atoms with Gasteiger partial charge < -0.3 is 4.42 Å². The van der Waals surface area contributed by atoms with Gasteiger partial charge in [-0.1, -0.05) is 164 Å². The van der Waals surface area contributed by atoms with Gasteiger partial charge in [-0.2, -0.15) is 0 Å². The van der Waals surface area contributed by atoms with Gasteiger partial charge in [-0.15, -0.1) is 0 Å². The van der Waals surface area contributed by atoms with E-state index in [1.807, 2.05) is 54.6 Å². The summed E-state index contributed by atoms with van der Waals surface area (Å²) < 4.78 is 6.22. The quantitative estimate of drug-likeness (QED) is 0.132.